The largest absolute Gasteiger partial charge is 0.493 e. The van der Waals surface area contributed by atoms with E-state index >= 15 is 0 Å². The van der Waals surface area contributed by atoms with Crippen LogP contribution in [0.5, 0.6) is 5.75 Å². The highest BCUT2D eigenvalue weighted by atomic mass is 16.5. The first-order valence-electron chi connectivity index (χ1n) is 6.80. The van der Waals surface area contributed by atoms with Crippen LogP contribution in [0.1, 0.15) is 40.2 Å². The van der Waals surface area contributed by atoms with E-state index in [0.29, 0.717) is 11.3 Å². The second-order valence-corrected chi connectivity index (χ2v) is 6.48. The molecule has 0 heterocycles. The number of ether oxygens (including phenoxy) is 1. The third-order valence-corrected chi connectivity index (χ3v) is 2.52. The molecule has 1 aromatic rings. The van der Waals surface area contributed by atoms with E-state index in [1.807, 2.05) is 6.07 Å². The quantitative estimate of drug-likeness (QED) is 0.826. The van der Waals surface area contributed by atoms with Crippen LogP contribution in [0.3, 0.4) is 0 Å². The molecule has 0 aliphatic rings. The average molecular weight is 249 g/mol. The lowest BCUT2D eigenvalue weighted by molar-refractivity contribution is 0.267. The maximum Gasteiger partial charge on any atom is 0.123 e. The molecule has 0 saturated carbocycles. The monoisotopic (exact) mass is 249 g/mol. The van der Waals surface area contributed by atoms with Crippen molar-refractivity contribution in [3.8, 4) is 5.75 Å². The van der Waals surface area contributed by atoms with E-state index in [1.165, 1.54) is 5.56 Å². The summed E-state index contributed by atoms with van der Waals surface area (Å²) in [5.41, 5.74) is 1.55. The van der Waals surface area contributed by atoms with E-state index in [1.54, 1.807) is 0 Å². The molecular formula is C16H27NO. The van der Waals surface area contributed by atoms with E-state index in [9.17, 15) is 0 Å². The van der Waals surface area contributed by atoms with E-state index in [0.717, 1.165) is 25.4 Å². The summed E-state index contributed by atoms with van der Waals surface area (Å²) in [7, 11) is 0. The SMILES string of the molecule is CC(C)COc1ccccc1CNCC(C)(C)C. The zero-order chi connectivity index (χ0) is 13.6. The van der Waals surface area contributed by atoms with Crippen LogP contribution in [-0.4, -0.2) is 13.2 Å². The summed E-state index contributed by atoms with van der Waals surface area (Å²) in [4.78, 5) is 0. The van der Waals surface area contributed by atoms with Gasteiger partial charge >= 0.3 is 0 Å². The van der Waals surface area contributed by atoms with Gasteiger partial charge in [0.2, 0.25) is 0 Å². The molecule has 0 atom stereocenters. The van der Waals surface area contributed by atoms with Crippen molar-refractivity contribution in [1.82, 2.24) is 5.32 Å². The lowest BCUT2D eigenvalue weighted by Crippen LogP contribution is -2.26. The van der Waals surface area contributed by atoms with Crippen molar-refractivity contribution >= 4 is 0 Å². The van der Waals surface area contributed by atoms with E-state index in [-0.39, 0.29) is 0 Å². The summed E-state index contributed by atoms with van der Waals surface area (Å²) in [5.74, 6) is 1.56. The van der Waals surface area contributed by atoms with Crippen LogP contribution < -0.4 is 10.1 Å². The zero-order valence-corrected chi connectivity index (χ0v) is 12.4. The topological polar surface area (TPSA) is 21.3 Å². The van der Waals surface area contributed by atoms with Gasteiger partial charge in [-0.15, -0.1) is 0 Å². The van der Waals surface area contributed by atoms with Crippen molar-refractivity contribution in [1.29, 1.82) is 0 Å². The first kappa shape index (κ1) is 15.0. The fraction of sp³-hybridized carbons (Fsp3) is 0.625. The van der Waals surface area contributed by atoms with Gasteiger partial charge in [-0.1, -0.05) is 52.8 Å². The Labute approximate surface area is 112 Å². The lowest BCUT2D eigenvalue weighted by atomic mass is 9.97. The summed E-state index contributed by atoms with van der Waals surface area (Å²) in [6.07, 6.45) is 0. The van der Waals surface area contributed by atoms with Crippen molar-refractivity contribution in [2.45, 2.75) is 41.2 Å². The van der Waals surface area contributed by atoms with Crippen molar-refractivity contribution in [2.75, 3.05) is 13.2 Å². The minimum absolute atomic E-state index is 0.313. The molecule has 0 aliphatic carbocycles. The number of hydrogen-bond donors (Lipinski definition) is 1. The molecule has 1 N–H and O–H groups in total. The van der Waals surface area contributed by atoms with Gasteiger partial charge in [0, 0.05) is 18.7 Å². The molecule has 2 nitrogen and oxygen atoms in total. The van der Waals surface area contributed by atoms with E-state index < -0.39 is 0 Å². The number of nitrogens with one attached hydrogen (secondary N) is 1. The molecule has 102 valence electrons. The molecule has 18 heavy (non-hydrogen) atoms. The number of para-hydroxylation sites is 1. The first-order valence-corrected chi connectivity index (χ1v) is 6.80. The summed E-state index contributed by atoms with van der Waals surface area (Å²) in [6.45, 7) is 13.7. The Morgan fingerprint density at radius 3 is 2.44 bits per heavy atom. The Bertz CT molecular complexity index is 352. The minimum Gasteiger partial charge on any atom is -0.493 e. The zero-order valence-electron chi connectivity index (χ0n) is 12.4. The summed E-state index contributed by atoms with van der Waals surface area (Å²) in [6, 6.07) is 8.28. The van der Waals surface area contributed by atoms with Crippen LogP contribution in [-0.2, 0) is 6.54 Å². The fourth-order valence-electron chi connectivity index (χ4n) is 1.62. The van der Waals surface area contributed by atoms with Gasteiger partial charge in [0.1, 0.15) is 5.75 Å². The Balaban J connectivity index is 2.53. The molecule has 1 aromatic carbocycles. The predicted octanol–water partition coefficient (Wildman–Crippen LogP) is 3.86. The fourth-order valence-corrected chi connectivity index (χ4v) is 1.62. The van der Waals surface area contributed by atoms with Gasteiger partial charge in [0.25, 0.3) is 0 Å². The van der Waals surface area contributed by atoms with Crippen LogP contribution in [0.2, 0.25) is 0 Å². The third-order valence-electron chi connectivity index (χ3n) is 2.52. The van der Waals surface area contributed by atoms with Crippen LogP contribution in [0.4, 0.5) is 0 Å². The molecule has 0 unspecified atom stereocenters. The van der Waals surface area contributed by atoms with Crippen LogP contribution in [0.15, 0.2) is 24.3 Å². The van der Waals surface area contributed by atoms with Crippen molar-refractivity contribution < 1.29 is 4.74 Å². The van der Waals surface area contributed by atoms with Crippen molar-refractivity contribution in [2.24, 2.45) is 11.3 Å². The van der Waals surface area contributed by atoms with Crippen LogP contribution in [0, 0.1) is 11.3 Å². The molecule has 0 bridgehead atoms. The molecule has 0 saturated heterocycles. The van der Waals surface area contributed by atoms with Gasteiger partial charge in [0.05, 0.1) is 6.61 Å². The third kappa shape index (κ3) is 6.06. The van der Waals surface area contributed by atoms with Crippen LogP contribution in [0.25, 0.3) is 0 Å². The number of benzene rings is 1. The normalized spacial score (nSPS) is 11.9. The molecule has 0 radical (unpaired) electrons. The minimum atomic E-state index is 0.313. The van der Waals surface area contributed by atoms with E-state index in [2.05, 4.69) is 58.1 Å². The van der Waals surface area contributed by atoms with Gasteiger partial charge in [0.15, 0.2) is 0 Å². The standard InChI is InChI=1S/C16H27NO/c1-13(2)11-18-15-9-7-6-8-14(15)10-17-12-16(3,4)5/h6-9,13,17H,10-12H2,1-5H3. The Kier molecular flexibility index (Phi) is 5.67. The molecular weight excluding hydrogens is 222 g/mol. The molecule has 0 aromatic heterocycles. The molecule has 0 amide bonds. The average Bonchev–Trinajstić information content (AvgIpc) is 2.26. The number of rotatable bonds is 6. The second-order valence-electron chi connectivity index (χ2n) is 6.48. The highest BCUT2D eigenvalue weighted by Crippen LogP contribution is 2.19. The smallest absolute Gasteiger partial charge is 0.123 e. The lowest BCUT2D eigenvalue weighted by Gasteiger charge is -2.19. The highest BCUT2D eigenvalue weighted by molar-refractivity contribution is 5.33. The van der Waals surface area contributed by atoms with Gasteiger partial charge in [-0.25, -0.2) is 0 Å². The van der Waals surface area contributed by atoms with E-state index in [4.69, 9.17) is 4.74 Å². The van der Waals surface area contributed by atoms with Gasteiger partial charge < -0.3 is 10.1 Å². The Morgan fingerprint density at radius 1 is 1.17 bits per heavy atom. The van der Waals surface area contributed by atoms with Gasteiger partial charge in [-0.3, -0.25) is 0 Å². The summed E-state index contributed by atoms with van der Waals surface area (Å²) in [5, 5.41) is 3.49. The second kappa shape index (κ2) is 6.79. The van der Waals surface area contributed by atoms with Crippen molar-refractivity contribution in [3.05, 3.63) is 29.8 Å². The van der Waals surface area contributed by atoms with Gasteiger partial charge in [-0.05, 0) is 17.4 Å². The molecule has 0 aliphatic heterocycles. The summed E-state index contributed by atoms with van der Waals surface area (Å²) < 4.78 is 5.84. The Hall–Kier alpha value is -1.02. The Morgan fingerprint density at radius 2 is 1.83 bits per heavy atom. The highest BCUT2D eigenvalue weighted by Gasteiger charge is 2.10. The van der Waals surface area contributed by atoms with Crippen LogP contribution >= 0.6 is 0 Å². The first-order chi connectivity index (χ1) is 8.38. The maximum absolute atomic E-state index is 5.84. The number of hydrogen-bond acceptors (Lipinski definition) is 2. The summed E-state index contributed by atoms with van der Waals surface area (Å²) >= 11 is 0. The van der Waals surface area contributed by atoms with Gasteiger partial charge in [-0.2, -0.15) is 0 Å². The molecule has 1 rings (SSSR count). The maximum atomic E-state index is 5.84. The molecule has 2 heteroatoms. The van der Waals surface area contributed by atoms with Crippen molar-refractivity contribution in [3.63, 3.8) is 0 Å². The predicted molar refractivity (Wildman–Crippen MR) is 77.9 cm³/mol. The molecule has 0 fully saturated rings. The molecule has 0 spiro atoms.